The second-order valence-corrected chi connectivity index (χ2v) is 9.37. The van der Waals surface area contributed by atoms with Gasteiger partial charge in [0.25, 0.3) is 0 Å². The summed E-state index contributed by atoms with van der Waals surface area (Å²) < 4.78 is 36.1. The quantitative estimate of drug-likeness (QED) is 0.636. The number of carbonyl (C=O) groups excluding carboxylic acids is 1. The van der Waals surface area contributed by atoms with Gasteiger partial charge in [0.05, 0.1) is 18.2 Å². The van der Waals surface area contributed by atoms with Gasteiger partial charge < -0.3 is 9.47 Å². The third-order valence-corrected chi connectivity index (χ3v) is 5.28. The monoisotopic (exact) mass is 417 g/mol. The Morgan fingerprint density at radius 3 is 2.41 bits per heavy atom. The Hall–Kier alpha value is -2.86. The molecular weight excluding hydrogens is 394 g/mol. The van der Waals surface area contributed by atoms with Crippen LogP contribution in [0.15, 0.2) is 12.1 Å². The number of sulfone groups is 1. The van der Waals surface area contributed by atoms with E-state index in [-0.39, 0.29) is 24.0 Å². The van der Waals surface area contributed by atoms with E-state index in [1.807, 2.05) is 0 Å². The standard InChI is InChI=1S/C20H23N3O5S/c1-5-27-20(24)18-19(28-15-8-12(2)16(10-21)13(3)9-15)17(14-6-7-14)22-23(18)11-29(4,25)26/h8-9,14H,5-7,11H2,1-4H3. The topological polar surface area (TPSA) is 111 Å². The zero-order valence-corrected chi connectivity index (χ0v) is 17.7. The molecule has 0 radical (unpaired) electrons. The van der Waals surface area contributed by atoms with Crippen molar-refractivity contribution < 1.29 is 22.7 Å². The number of carbonyl (C=O) groups is 1. The van der Waals surface area contributed by atoms with Crippen molar-refractivity contribution in [1.29, 1.82) is 5.26 Å². The predicted octanol–water partition coefficient (Wildman–Crippen LogP) is 3.22. The summed E-state index contributed by atoms with van der Waals surface area (Å²) in [6.07, 6.45) is 2.86. The summed E-state index contributed by atoms with van der Waals surface area (Å²) in [4.78, 5) is 12.7. The van der Waals surface area contributed by atoms with E-state index in [2.05, 4.69) is 11.2 Å². The molecule has 1 fully saturated rings. The first-order valence-corrected chi connectivity index (χ1v) is 11.3. The first kappa shape index (κ1) is 20.9. The maximum Gasteiger partial charge on any atom is 0.360 e. The van der Waals surface area contributed by atoms with Crippen molar-refractivity contribution in [3.05, 3.63) is 40.2 Å². The molecular formula is C20H23N3O5S. The minimum atomic E-state index is -3.45. The van der Waals surface area contributed by atoms with Gasteiger partial charge in [0.1, 0.15) is 17.3 Å². The van der Waals surface area contributed by atoms with E-state index in [0.717, 1.165) is 34.9 Å². The van der Waals surface area contributed by atoms with Gasteiger partial charge >= 0.3 is 5.97 Å². The first-order valence-electron chi connectivity index (χ1n) is 9.29. The zero-order valence-electron chi connectivity index (χ0n) is 16.9. The molecule has 1 aliphatic carbocycles. The number of nitriles is 1. The molecule has 154 valence electrons. The summed E-state index contributed by atoms with van der Waals surface area (Å²) >= 11 is 0. The Morgan fingerprint density at radius 1 is 1.31 bits per heavy atom. The van der Waals surface area contributed by atoms with Crippen LogP contribution in [0.1, 0.15) is 58.6 Å². The summed E-state index contributed by atoms with van der Waals surface area (Å²) in [6.45, 7) is 5.42. The summed E-state index contributed by atoms with van der Waals surface area (Å²) in [7, 11) is -3.45. The van der Waals surface area contributed by atoms with Gasteiger partial charge in [-0.15, -0.1) is 0 Å². The van der Waals surface area contributed by atoms with Crippen molar-refractivity contribution in [2.75, 3.05) is 12.9 Å². The van der Waals surface area contributed by atoms with Crippen LogP contribution in [0.3, 0.4) is 0 Å². The van der Waals surface area contributed by atoms with Crippen LogP contribution in [0.4, 0.5) is 0 Å². The molecule has 3 rings (SSSR count). The lowest BCUT2D eigenvalue weighted by molar-refractivity contribution is 0.0510. The van der Waals surface area contributed by atoms with Crippen molar-refractivity contribution in [3.63, 3.8) is 0 Å². The molecule has 0 amide bonds. The number of hydrogen-bond donors (Lipinski definition) is 0. The average Bonchev–Trinajstić information content (AvgIpc) is 3.37. The molecule has 1 aromatic heterocycles. The lowest BCUT2D eigenvalue weighted by Gasteiger charge is -2.12. The highest BCUT2D eigenvalue weighted by Gasteiger charge is 2.36. The molecule has 1 saturated carbocycles. The van der Waals surface area contributed by atoms with Crippen molar-refractivity contribution in [1.82, 2.24) is 9.78 Å². The number of benzene rings is 1. The van der Waals surface area contributed by atoms with Crippen LogP contribution in [0, 0.1) is 25.2 Å². The van der Waals surface area contributed by atoms with Gasteiger partial charge in [-0.05, 0) is 56.9 Å². The number of rotatable bonds is 7. The SMILES string of the molecule is CCOC(=O)c1c(Oc2cc(C)c(C#N)c(C)c2)c(C2CC2)nn1CS(C)(=O)=O. The van der Waals surface area contributed by atoms with Crippen LogP contribution >= 0.6 is 0 Å². The van der Waals surface area contributed by atoms with Crippen LogP contribution in [0.25, 0.3) is 0 Å². The minimum absolute atomic E-state index is 0.0150. The third kappa shape index (κ3) is 4.59. The van der Waals surface area contributed by atoms with Gasteiger partial charge in [-0.3, -0.25) is 0 Å². The summed E-state index contributed by atoms with van der Waals surface area (Å²) in [5.74, 6) is -0.356. The van der Waals surface area contributed by atoms with Gasteiger partial charge in [-0.2, -0.15) is 10.4 Å². The maximum atomic E-state index is 12.7. The number of aryl methyl sites for hydroxylation is 2. The molecule has 0 atom stereocenters. The molecule has 9 heteroatoms. The summed E-state index contributed by atoms with van der Waals surface area (Å²) in [6, 6.07) is 5.58. The second-order valence-electron chi connectivity index (χ2n) is 7.26. The molecule has 1 aliphatic rings. The van der Waals surface area contributed by atoms with E-state index in [9.17, 15) is 18.5 Å². The van der Waals surface area contributed by atoms with Crippen LogP contribution in [0.2, 0.25) is 0 Å². The van der Waals surface area contributed by atoms with E-state index >= 15 is 0 Å². The number of aromatic nitrogens is 2. The van der Waals surface area contributed by atoms with E-state index in [1.54, 1.807) is 32.9 Å². The lowest BCUT2D eigenvalue weighted by atomic mass is 10.0. The molecule has 8 nitrogen and oxygen atoms in total. The normalized spacial score (nSPS) is 13.8. The first-order chi connectivity index (χ1) is 13.6. The fraction of sp³-hybridized carbons (Fsp3) is 0.450. The Morgan fingerprint density at radius 2 is 1.93 bits per heavy atom. The molecule has 0 unspecified atom stereocenters. The van der Waals surface area contributed by atoms with Gasteiger partial charge in [0.2, 0.25) is 0 Å². The number of nitrogens with zero attached hydrogens (tertiary/aromatic N) is 3. The molecule has 1 aromatic carbocycles. The fourth-order valence-electron chi connectivity index (χ4n) is 3.18. The van der Waals surface area contributed by atoms with E-state index in [4.69, 9.17) is 9.47 Å². The Labute approximate surface area is 170 Å². The number of ether oxygens (including phenoxy) is 2. The van der Waals surface area contributed by atoms with Crippen molar-refractivity contribution >= 4 is 15.8 Å². The van der Waals surface area contributed by atoms with Crippen molar-refractivity contribution in [3.8, 4) is 17.6 Å². The Kier molecular flexibility index (Phi) is 5.66. The molecule has 2 aromatic rings. The number of hydrogen-bond acceptors (Lipinski definition) is 7. The molecule has 0 aliphatic heterocycles. The third-order valence-electron chi connectivity index (χ3n) is 4.56. The molecule has 0 spiro atoms. The van der Waals surface area contributed by atoms with Gasteiger partial charge in [-0.25, -0.2) is 17.9 Å². The van der Waals surface area contributed by atoms with Crippen LogP contribution in [-0.2, 0) is 20.5 Å². The Bertz CT molecular complexity index is 1080. The van der Waals surface area contributed by atoms with Gasteiger partial charge in [-0.1, -0.05) is 0 Å². The molecule has 29 heavy (non-hydrogen) atoms. The highest BCUT2D eigenvalue weighted by molar-refractivity contribution is 7.89. The second kappa shape index (κ2) is 7.87. The highest BCUT2D eigenvalue weighted by Crippen LogP contribution is 2.46. The summed E-state index contributed by atoms with van der Waals surface area (Å²) in [5, 5.41) is 13.7. The van der Waals surface area contributed by atoms with Crippen LogP contribution in [0.5, 0.6) is 11.5 Å². The van der Waals surface area contributed by atoms with Gasteiger partial charge in [0, 0.05) is 12.2 Å². The van der Waals surface area contributed by atoms with E-state index in [1.165, 1.54) is 0 Å². The molecule has 1 heterocycles. The lowest BCUT2D eigenvalue weighted by Crippen LogP contribution is -2.18. The summed E-state index contributed by atoms with van der Waals surface area (Å²) in [5.41, 5.74) is 2.60. The zero-order chi connectivity index (χ0) is 21.3. The fourth-order valence-corrected chi connectivity index (χ4v) is 3.81. The van der Waals surface area contributed by atoms with Crippen LogP contribution < -0.4 is 4.74 Å². The van der Waals surface area contributed by atoms with E-state index in [0.29, 0.717) is 17.0 Å². The minimum Gasteiger partial charge on any atom is -0.461 e. The largest absolute Gasteiger partial charge is 0.461 e. The Balaban J connectivity index is 2.13. The molecule has 0 N–H and O–H groups in total. The number of esters is 1. The van der Waals surface area contributed by atoms with E-state index < -0.39 is 21.7 Å². The highest BCUT2D eigenvalue weighted by atomic mass is 32.2. The molecule has 0 saturated heterocycles. The van der Waals surface area contributed by atoms with Crippen molar-refractivity contribution in [2.24, 2.45) is 0 Å². The molecule has 0 bridgehead atoms. The van der Waals surface area contributed by atoms with Gasteiger partial charge in [0.15, 0.2) is 21.3 Å². The maximum absolute atomic E-state index is 12.7. The predicted molar refractivity (Wildman–Crippen MR) is 106 cm³/mol. The smallest absolute Gasteiger partial charge is 0.360 e. The van der Waals surface area contributed by atoms with Crippen LogP contribution in [-0.4, -0.2) is 37.0 Å². The average molecular weight is 417 g/mol. The van der Waals surface area contributed by atoms with Crippen molar-refractivity contribution in [2.45, 2.75) is 45.4 Å².